The third-order valence-corrected chi connectivity index (χ3v) is 16.4. The minimum atomic E-state index is -3.79. The largest absolute Gasteiger partial charge is 0.439 e. The third kappa shape index (κ3) is 6.52. The first-order valence-corrected chi connectivity index (χ1v) is 22.1. The lowest BCUT2D eigenvalue weighted by Gasteiger charge is -2.46. The Bertz CT molecular complexity index is 2170. The first-order valence-electron chi connectivity index (χ1n) is 17.2. The number of likely N-dealkylation sites (tertiary alicyclic amines) is 1. The van der Waals surface area contributed by atoms with Crippen LogP contribution in [0.25, 0.3) is 22.2 Å². The Labute approximate surface area is 317 Å². The van der Waals surface area contributed by atoms with E-state index in [0.717, 1.165) is 18.4 Å². The lowest BCUT2D eigenvalue weighted by atomic mass is 9.74. The number of piperidine rings is 2. The molecule has 0 atom stereocenters. The number of hydrogen-bond acceptors (Lipinski definition) is 10. The zero-order valence-electron chi connectivity index (χ0n) is 28.9. The molecule has 15 heteroatoms. The zero-order chi connectivity index (χ0) is 36.0. The Morgan fingerprint density at radius 3 is 2.00 bits per heavy atom. The molecule has 50 heavy (non-hydrogen) atoms. The highest BCUT2D eigenvalue weighted by Gasteiger charge is 2.43. The zero-order valence-corrected chi connectivity index (χ0v) is 34.2. The molecule has 3 aliphatic rings. The number of halogens is 3. The number of fused-ring (bicyclic) bond motifs is 2. The predicted octanol–water partition coefficient (Wildman–Crippen LogP) is 7.95. The van der Waals surface area contributed by atoms with E-state index in [9.17, 15) is 16.8 Å². The fourth-order valence-corrected chi connectivity index (χ4v) is 12.6. The van der Waals surface area contributed by atoms with Crippen LogP contribution in [0.3, 0.4) is 0 Å². The van der Waals surface area contributed by atoms with Gasteiger partial charge in [-0.1, -0.05) is 66.6 Å². The first-order chi connectivity index (χ1) is 23.4. The summed E-state index contributed by atoms with van der Waals surface area (Å²) in [4.78, 5) is 11.9. The lowest BCUT2D eigenvalue weighted by molar-refractivity contribution is 0.0900. The van der Waals surface area contributed by atoms with Crippen LogP contribution < -0.4 is 5.32 Å². The Kier molecular flexibility index (Phi) is 9.67. The molecule has 1 aliphatic carbocycles. The van der Waals surface area contributed by atoms with E-state index in [1.54, 1.807) is 18.2 Å². The molecule has 2 aromatic carbocycles. The number of benzene rings is 2. The van der Waals surface area contributed by atoms with Gasteiger partial charge in [0.2, 0.25) is 11.8 Å². The molecule has 0 amide bonds. The number of rotatable bonds is 7. The van der Waals surface area contributed by atoms with Crippen molar-refractivity contribution in [2.45, 2.75) is 114 Å². The maximum atomic E-state index is 14.0. The Morgan fingerprint density at radius 1 is 0.820 bits per heavy atom. The van der Waals surface area contributed by atoms with E-state index in [2.05, 4.69) is 37.8 Å². The number of alkyl halides is 1. The highest BCUT2D eigenvalue weighted by Crippen LogP contribution is 2.48. The van der Waals surface area contributed by atoms with Crippen molar-refractivity contribution < 1.29 is 25.7 Å². The molecule has 0 bridgehead atoms. The topological polar surface area (TPSA) is 136 Å². The molecular formula is C35H43Cl2IN4O6S2. The van der Waals surface area contributed by atoms with Crippen molar-refractivity contribution in [1.82, 2.24) is 20.2 Å². The number of aromatic nitrogens is 2. The number of nitrogens with zero attached hydrogens (tertiary/aromatic N) is 3. The molecule has 0 radical (unpaired) electrons. The van der Waals surface area contributed by atoms with Crippen LogP contribution in [0.2, 0.25) is 10.0 Å². The van der Waals surface area contributed by atoms with E-state index >= 15 is 0 Å². The van der Waals surface area contributed by atoms with Gasteiger partial charge < -0.3 is 19.1 Å². The van der Waals surface area contributed by atoms with Gasteiger partial charge in [-0.2, -0.15) is 0 Å². The van der Waals surface area contributed by atoms with Crippen LogP contribution in [0.4, 0.5) is 0 Å². The molecule has 10 nitrogen and oxygen atoms in total. The number of sulfone groups is 2. The summed E-state index contributed by atoms with van der Waals surface area (Å²) in [7, 11) is -7.54. The molecule has 2 aromatic heterocycles. The monoisotopic (exact) mass is 876 g/mol. The molecule has 2 aliphatic heterocycles. The van der Waals surface area contributed by atoms with E-state index in [0.29, 0.717) is 74.7 Å². The maximum Gasteiger partial charge on any atom is 0.211 e. The second-order valence-electron chi connectivity index (χ2n) is 15.5. The quantitative estimate of drug-likeness (QED) is 0.144. The van der Waals surface area contributed by atoms with Gasteiger partial charge >= 0.3 is 0 Å². The van der Waals surface area contributed by atoms with Gasteiger partial charge in [-0.05, 0) is 108 Å². The molecule has 7 rings (SSSR count). The fourth-order valence-electron chi connectivity index (χ4n) is 7.54. The molecular weight excluding hydrogens is 834 g/mol. The first kappa shape index (κ1) is 36.9. The molecule has 3 fully saturated rings. The summed E-state index contributed by atoms with van der Waals surface area (Å²) in [6.45, 7) is 12.4. The summed E-state index contributed by atoms with van der Waals surface area (Å²) in [5.74, 6) is 1.06. The molecule has 0 unspecified atom stereocenters. The highest BCUT2D eigenvalue weighted by molar-refractivity contribution is 14.1. The fraction of sp³-hybridized carbons (Fsp3) is 0.600. The van der Waals surface area contributed by atoms with E-state index < -0.39 is 39.0 Å². The smallest absolute Gasteiger partial charge is 0.211 e. The number of oxazole rings is 2. The Hall–Kier alpha value is -1.49. The van der Waals surface area contributed by atoms with Crippen molar-refractivity contribution in [3.05, 3.63) is 45.6 Å². The molecule has 4 heterocycles. The molecule has 1 saturated carbocycles. The normalized spacial score (nSPS) is 22.4. The van der Waals surface area contributed by atoms with Crippen molar-refractivity contribution in [2.24, 2.45) is 0 Å². The van der Waals surface area contributed by atoms with Gasteiger partial charge in [0.1, 0.15) is 20.8 Å². The average molecular weight is 878 g/mol. The van der Waals surface area contributed by atoms with Gasteiger partial charge in [0, 0.05) is 11.5 Å². The summed E-state index contributed by atoms with van der Waals surface area (Å²) in [5.41, 5.74) is 2.03. The maximum absolute atomic E-state index is 14.0. The summed E-state index contributed by atoms with van der Waals surface area (Å²) < 4.78 is 67.9. The predicted molar refractivity (Wildman–Crippen MR) is 204 cm³/mol. The van der Waals surface area contributed by atoms with Crippen LogP contribution in [0, 0.1) is 0 Å². The van der Waals surface area contributed by atoms with Crippen molar-refractivity contribution in [3.8, 4) is 0 Å². The summed E-state index contributed by atoms with van der Waals surface area (Å²) in [5, 5.41) is 2.46. The lowest BCUT2D eigenvalue weighted by Crippen LogP contribution is -2.49. The van der Waals surface area contributed by atoms with E-state index in [1.165, 1.54) is 0 Å². The summed E-state index contributed by atoms with van der Waals surface area (Å²) >= 11 is 15.6. The van der Waals surface area contributed by atoms with Gasteiger partial charge in [-0.3, -0.25) is 0 Å². The van der Waals surface area contributed by atoms with Crippen LogP contribution in [0.1, 0.15) is 96.4 Å². The number of hydrogen-bond donors (Lipinski definition) is 1. The van der Waals surface area contributed by atoms with E-state index in [1.807, 2.05) is 34.6 Å². The average Bonchev–Trinajstić information content (AvgIpc) is 3.66. The van der Waals surface area contributed by atoms with Gasteiger partial charge in [0.15, 0.2) is 30.8 Å². The minimum absolute atomic E-state index is 0.0342. The van der Waals surface area contributed by atoms with Gasteiger partial charge in [0.25, 0.3) is 0 Å². The Morgan fingerprint density at radius 2 is 1.40 bits per heavy atom. The van der Waals surface area contributed by atoms with Crippen LogP contribution in [-0.4, -0.2) is 74.4 Å². The minimum Gasteiger partial charge on any atom is -0.439 e. The van der Waals surface area contributed by atoms with Crippen LogP contribution in [-0.2, 0) is 28.5 Å². The van der Waals surface area contributed by atoms with Crippen LogP contribution in [0.5, 0.6) is 0 Å². The Balaban J connectivity index is 1.10. The van der Waals surface area contributed by atoms with E-state index in [4.69, 9.17) is 37.0 Å². The molecule has 2 saturated heterocycles. The van der Waals surface area contributed by atoms with Gasteiger partial charge in [-0.25, -0.2) is 26.8 Å². The van der Waals surface area contributed by atoms with Crippen LogP contribution >= 0.6 is 45.8 Å². The second kappa shape index (κ2) is 13.1. The number of nitrogens with one attached hydrogen (secondary N) is 1. The molecule has 0 spiro atoms. The molecule has 4 aromatic rings. The summed E-state index contributed by atoms with van der Waals surface area (Å²) in [6, 6.07) is 5.35. The standard InChI is InChI=1S/C35H43Cl2IN4O6S2/c1-34(2,3)32-41-27-23(18-25(37)31(29(27)48-32)49(43,44)21-8-12-39-13-9-21)19-16-20(17-19)42-14-10-22(11-15-42)50(45,46)30-24(36)6-7-26-28(30)47-33(40-26)35(4,5)38/h6-7,18-22,39H,8-17H2,1-5H3. The van der Waals surface area contributed by atoms with Crippen molar-refractivity contribution >= 4 is 87.7 Å². The summed E-state index contributed by atoms with van der Waals surface area (Å²) in [6.07, 6.45) is 3.66. The van der Waals surface area contributed by atoms with Crippen molar-refractivity contribution in [3.63, 3.8) is 0 Å². The van der Waals surface area contributed by atoms with Crippen molar-refractivity contribution in [1.29, 1.82) is 0 Å². The second-order valence-corrected chi connectivity index (χ2v) is 23.4. The molecule has 1 N–H and O–H groups in total. The van der Waals surface area contributed by atoms with Gasteiger partial charge in [0.05, 0.1) is 24.0 Å². The van der Waals surface area contributed by atoms with E-state index in [-0.39, 0.29) is 43.0 Å². The van der Waals surface area contributed by atoms with Gasteiger partial charge in [-0.15, -0.1) is 0 Å². The molecule has 272 valence electrons. The SMILES string of the molecule is CC(C)(C)c1nc2c(C3CC(N4CCC(S(=O)(=O)c5c(Cl)ccc6nc(C(C)(C)I)oc56)CC4)C3)cc(Cl)c(S(=O)(=O)C3CCNCC3)c2o1. The van der Waals surface area contributed by atoms with Crippen molar-refractivity contribution in [2.75, 3.05) is 26.2 Å². The third-order valence-electron chi connectivity index (χ3n) is 10.5. The highest BCUT2D eigenvalue weighted by atomic mass is 127. The van der Waals surface area contributed by atoms with Crippen LogP contribution in [0.15, 0.2) is 36.8 Å².